The van der Waals surface area contributed by atoms with Crippen LogP contribution in [0.2, 0.25) is 0 Å². The van der Waals surface area contributed by atoms with Crippen LogP contribution in [-0.2, 0) is 0 Å². The summed E-state index contributed by atoms with van der Waals surface area (Å²) in [4.78, 5) is 15.1. The molecule has 1 aromatic carbocycles. The third kappa shape index (κ3) is 2.69. The third-order valence-electron chi connectivity index (χ3n) is 5.48. The molecule has 2 bridgehead atoms. The van der Waals surface area contributed by atoms with Gasteiger partial charge in [0.2, 0.25) is 0 Å². The molecule has 24 heavy (non-hydrogen) atoms. The Morgan fingerprint density at radius 3 is 2.75 bits per heavy atom. The molecule has 3 aliphatic rings. The molecular weight excluding hydrogens is 302 g/mol. The van der Waals surface area contributed by atoms with E-state index in [0.29, 0.717) is 29.2 Å². The van der Waals surface area contributed by atoms with Crippen LogP contribution in [0.15, 0.2) is 40.8 Å². The van der Waals surface area contributed by atoms with Gasteiger partial charge < -0.3 is 15.5 Å². The highest BCUT2D eigenvalue weighted by molar-refractivity contribution is 5.92. The molecule has 3 fully saturated rings. The van der Waals surface area contributed by atoms with Crippen LogP contribution in [0, 0.1) is 5.92 Å². The zero-order valence-corrected chi connectivity index (χ0v) is 13.9. The van der Waals surface area contributed by atoms with E-state index in [0.717, 1.165) is 18.7 Å². The summed E-state index contributed by atoms with van der Waals surface area (Å²) in [5, 5.41) is 3.19. The highest BCUT2D eigenvalue weighted by atomic mass is 16.3. The summed E-state index contributed by atoms with van der Waals surface area (Å²) in [5.41, 5.74) is 7.37. The summed E-state index contributed by atoms with van der Waals surface area (Å²) in [6, 6.07) is 11.6. The van der Waals surface area contributed by atoms with E-state index in [1.165, 1.54) is 12.8 Å². The van der Waals surface area contributed by atoms with Crippen LogP contribution in [-0.4, -0.2) is 36.0 Å². The van der Waals surface area contributed by atoms with Crippen LogP contribution < -0.4 is 11.1 Å². The maximum absolute atomic E-state index is 12.6. The van der Waals surface area contributed by atoms with Crippen molar-refractivity contribution in [1.29, 1.82) is 0 Å². The van der Waals surface area contributed by atoms with E-state index < -0.39 is 0 Å². The number of amides is 1. The maximum atomic E-state index is 12.6. The minimum absolute atomic E-state index is 0.129. The van der Waals surface area contributed by atoms with Crippen LogP contribution in [0.25, 0.3) is 11.3 Å². The SMILES string of the molecule is CC1C(NC(=O)c2ccc(-c3cccc(N)c3)o2)C2CCN1CC2. The first-order valence-electron chi connectivity index (χ1n) is 8.62. The summed E-state index contributed by atoms with van der Waals surface area (Å²) in [7, 11) is 0. The molecule has 0 aliphatic carbocycles. The zero-order valence-electron chi connectivity index (χ0n) is 13.9. The zero-order chi connectivity index (χ0) is 16.7. The van der Waals surface area contributed by atoms with Gasteiger partial charge in [-0.1, -0.05) is 12.1 Å². The molecule has 5 nitrogen and oxygen atoms in total. The van der Waals surface area contributed by atoms with Gasteiger partial charge in [-0.3, -0.25) is 9.69 Å². The summed E-state index contributed by atoms with van der Waals surface area (Å²) in [6.45, 7) is 4.51. The summed E-state index contributed by atoms with van der Waals surface area (Å²) in [5.74, 6) is 1.47. The Kier molecular flexibility index (Phi) is 3.81. The monoisotopic (exact) mass is 325 g/mol. The second kappa shape index (κ2) is 5.98. The fourth-order valence-corrected chi connectivity index (χ4v) is 4.07. The van der Waals surface area contributed by atoms with Crippen molar-refractivity contribution >= 4 is 11.6 Å². The Balaban J connectivity index is 1.49. The first-order valence-corrected chi connectivity index (χ1v) is 8.62. The molecule has 4 heterocycles. The number of nitrogens with two attached hydrogens (primary N) is 1. The topological polar surface area (TPSA) is 71.5 Å². The fraction of sp³-hybridized carbons (Fsp3) is 0.421. The number of nitrogens with one attached hydrogen (secondary N) is 1. The number of piperidine rings is 3. The molecule has 5 heteroatoms. The molecule has 3 aliphatic heterocycles. The quantitative estimate of drug-likeness (QED) is 0.851. The van der Waals surface area contributed by atoms with Gasteiger partial charge in [-0.25, -0.2) is 0 Å². The van der Waals surface area contributed by atoms with Gasteiger partial charge >= 0.3 is 0 Å². The van der Waals surface area contributed by atoms with E-state index >= 15 is 0 Å². The lowest BCUT2D eigenvalue weighted by molar-refractivity contribution is 0.0211. The number of nitrogens with zero attached hydrogens (tertiary/aromatic N) is 1. The molecule has 1 amide bonds. The lowest BCUT2D eigenvalue weighted by atomic mass is 9.79. The molecule has 3 N–H and O–H groups in total. The smallest absolute Gasteiger partial charge is 0.287 e. The number of furan rings is 1. The van der Waals surface area contributed by atoms with Crippen molar-refractivity contribution in [1.82, 2.24) is 10.2 Å². The largest absolute Gasteiger partial charge is 0.451 e. The number of anilines is 1. The van der Waals surface area contributed by atoms with Gasteiger partial charge in [-0.05, 0) is 63.0 Å². The third-order valence-corrected chi connectivity index (χ3v) is 5.48. The lowest BCUT2D eigenvalue weighted by Gasteiger charge is -2.49. The Labute approximate surface area is 141 Å². The van der Waals surface area contributed by atoms with E-state index in [4.69, 9.17) is 10.2 Å². The van der Waals surface area contributed by atoms with Crippen LogP contribution >= 0.6 is 0 Å². The predicted molar refractivity (Wildman–Crippen MR) is 93.6 cm³/mol. The molecular formula is C19H23N3O2. The summed E-state index contributed by atoms with van der Waals surface area (Å²) in [6.07, 6.45) is 2.34. The van der Waals surface area contributed by atoms with E-state index in [9.17, 15) is 4.79 Å². The Bertz CT molecular complexity index is 745. The van der Waals surface area contributed by atoms with Crippen LogP contribution in [0.5, 0.6) is 0 Å². The van der Waals surface area contributed by atoms with Crippen molar-refractivity contribution < 1.29 is 9.21 Å². The number of nitrogen functional groups attached to an aromatic ring is 1. The van der Waals surface area contributed by atoms with Crippen LogP contribution in [0.1, 0.15) is 30.3 Å². The number of carbonyl (C=O) groups excluding carboxylic acids is 1. The average molecular weight is 325 g/mol. The Morgan fingerprint density at radius 2 is 2.04 bits per heavy atom. The highest BCUT2D eigenvalue weighted by Gasteiger charge is 2.40. The van der Waals surface area contributed by atoms with E-state index in [1.807, 2.05) is 30.3 Å². The maximum Gasteiger partial charge on any atom is 0.287 e. The van der Waals surface area contributed by atoms with Gasteiger partial charge in [0.25, 0.3) is 5.91 Å². The highest BCUT2D eigenvalue weighted by Crippen LogP contribution is 2.32. The summed E-state index contributed by atoms with van der Waals surface area (Å²) >= 11 is 0. The molecule has 1 aromatic heterocycles. The van der Waals surface area contributed by atoms with Crippen molar-refractivity contribution in [2.24, 2.45) is 5.92 Å². The van der Waals surface area contributed by atoms with Gasteiger partial charge in [0.15, 0.2) is 5.76 Å². The van der Waals surface area contributed by atoms with Crippen molar-refractivity contribution in [2.75, 3.05) is 18.8 Å². The van der Waals surface area contributed by atoms with Crippen molar-refractivity contribution in [2.45, 2.75) is 31.8 Å². The first-order chi connectivity index (χ1) is 11.6. The molecule has 0 saturated carbocycles. The Morgan fingerprint density at radius 1 is 1.25 bits per heavy atom. The van der Waals surface area contributed by atoms with Crippen molar-refractivity contribution in [3.8, 4) is 11.3 Å². The second-order valence-corrected chi connectivity index (χ2v) is 6.90. The Hall–Kier alpha value is -2.27. The molecule has 2 aromatic rings. The number of hydrogen-bond donors (Lipinski definition) is 2. The van der Waals surface area contributed by atoms with Gasteiger partial charge in [0.1, 0.15) is 5.76 Å². The van der Waals surface area contributed by atoms with Crippen molar-refractivity contribution in [3.63, 3.8) is 0 Å². The standard InChI is InChI=1S/C19H23N3O2/c1-12-18(13-7-9-22(12)10-8-13)21-19(23)17-6-5-16(24-17)14-3-2-4-15(20)11-14/h2-6,11-13,18H,7-10,20H2,1H3,(H,21,23). The summed E-state index contributed by atoms with van der Waals surface area (Å²) < 4.78 is 5.76. The average Bonchev–Trinajstić information content (AvgIpc) is 3.09. The van der Waals surface area contributed by atoms with E-state index in [2.05, 4.69) is 17.1 Å². The number of rotatable bonds is 3. The molecule has 0 radical (unpaired) electrons. The number of hydrogen-bond acceptors (Lipinski definition) is 4. The first kappa shape index (κ1) is 15.3. The molecule has 0 spiro atoms. The minimum Gasteiger partial charge on any atom is -0.451 e. The van der Waals surface area contributed by atoms with Gasteiger partial charge in [-0.2, -0.15) is 0 Å². The van der Waals surface area contributed by atoms with Gasteiger partial charge in [0.05, 0.1) is 0 Å². The van der Waals surface area contributed by atoms with Crippen molar-refractivity contribution in [3.05, 3.63) is 42.2 Å². The van der Waals surface area contributed by atoms with E-state index in [1.54, 1.807) is 6.07 Å². The van der Waals surface area contributed by atoms with E-state index in [-0.39, 0.29) is 11.9 Å². The van der Waals surface area contributed by atoms with Gasteiger partial charge in [0, 0.05) is 23.3 Å². The van der Waals surface area contributed by atoms with Crippen LogP contribution in [0.4, 0.5) is 5.69 Å². The number of fused-ring (bicyclic) bond motifs is 3. The lowest BCUT2D eigenvalue weighted by Crippen LogP contribution is -2.62. The fourth-order valence-electron chi connectivity index (χ4n) is 4.07. The normalized spacial score (nSPS) is 28.7. The number of benzene rings is 1. The second-order valence-electron chi connectivity index (χ2n) is 6.90. The molecule has 2 atom stereocenters. The minimum atomic E-state index is -0.129. The molecule has 2 unspecified atom stereocenters. The molecule has 5 rings (SSSR count). The number of carbonyl (C=O) groups is 1. The predicted octanol–water partition coefficient (Wildman–Crippen LogP) is 2.74. The van der Waals surface area contributed by atoms with Crippen LogP contribution in [0.3, 0.4) is 0 Å². The molecule has 3 saturated heterocycles. The molecule has 126 valence electrons. The van der Waals surface area contributed by atoms with Gasteiger partial charge in [-0.15, -0.1) is 0 Å².